The lowest BCUT2D eigenvalue weighted by Crippen LogP contribution is -2.08. The molecule has 0 spiro atoms. The van der Waals surface area contributed by atoms with Crippen LogP contribution in [0.2, 0.25) is 0 Å². The molecule has 1 aromatic carbocycles. The van der Waals surface area contributed by atoms with Crippen LogP contribution in [0.4, 0.5) is 17.6 Å². The average Bonchev–Trinajstić information content (AvgIpc) is 2.23. The number of rotatable bonds is 2. The van der Waals surface area contributed by atoms with Crippen LogP contribution in [0.1, 0.15) is 17.5 Å². The second-order valence-electron chi connectivity index (χ2n) is 3.34. The molecule has 92 valence electrons. The summed E-state index contributed by atoms with van der Waals surface area (Å²) in [5.41, 5.74) is -1.23. The van der Waals surface area contributed by atoms with Gasteiger partial charge in [0.1, 0.15) is 5.82 Å². The Labute approximate surface area is 96.8 Å². The molecule has 0 saturated carbocycles. The van der Waals surface area contributed by atoms with Crippen molar-refractivity contribution in [2.45, 2.75) is 12.6 Å². The van der Waals surface area contributed by atoms with Crippen molar-refractivity contribution in [2.24, 2.45) is 0 Å². The summed E-state index contributed by atoms with van der Waals surface area (Å²) < 4.78 is 50.5. The first kappa shape index (κ1) is 13.5. The minimum Gasteiger partial charge on any atom is -0.319 e. The largest absolute Gasteiger partial charge is 0.417 e. The maximum atomic E-state index is 12.9. The Hall–Kier alpha value is -1.54. The summed E-state index contributed by atoms with van der Waals surface area (Å²) in [6.07, 6.45) is -4.11. The van der Waals surface area contributed by atoms with Crippen molar-refractivity contribution >= 4 is 0 Å². The summed E-state index contributed by atoms with van der Waals surface area (Å²) in [5, 5.41) is 2.81. The molecule has 0 radical (unpaired) electrons. The second-order valence-corrected chi connectivity index (χ2v) is 3.34. The van der Waals surface area contributed by atoms with Gasteiger partial charge in [0, 0.05) is 18.5 Å². The smallest absolute Gasteiger partial charge is 0.319 e. The number of halogens is 4. The highest BCUT2D eigenvalue weighted by Gasteiger charge is 2.33. The van der Waals surface area contributed by atoms with Crippen LogP contribution >= 0.6 is 0 Å². The Morgan fingerprint density at radius 3 is 2.59 bits per heavy atom. The highest BCUT2D eigenvalue weighted by atomic mass is 19.4. The molecule has 17 heavy (non-hydrogen) atoms. The van der Waals surface area contributed by atoms with E-state index in [0.717, 1.165) is 12.1 Å². The van der Waals surface area contributed by atoms with Crippen LogP contribution < -0.4 is 5.32 Å². The minimum absolute atomic E-state index is 0.325. The minimum atomic E-state index is -4.51. The van der Waals surface area contributed by atoms with Crippen LogP contribution in [-0.2, 0) is 6.18 Å². The Bertz CT molecular complexity index is 440. The van der Waals surface area contributed by atoms with E-state index in [4.69, 9.17) is 0 Å². The van der Waals surface area contributed by atoms with Gasteiger partial charge < -0.3 is 5.32 Å². The number of hydrogen-bond acceptors (Lipinski definition) is 1. The number of benzene rings is 1. The van der Waals surface area contributed by atoms with Gasteiger partial charge in [-0.05, 0) is 25.2 Å². The van der Waals surface area contributed by atoms with Crippen LogP contribution in [0.5, 0.6) is 0 Å². The number of nitrogens with one attached hydrogen (secondary N) is 1. The van der Waals surface area contributed by atoms with Gasteiger partial charge in [0.25, 0.3) is 0 Å². The number of hydrogen-bond donors (Lipinski definition) is 1. The van der Waals surface area contributed by atoms with Gasteiger partial charge >= 0.3 is 6.18 Å². The molecule has 1 rings (SSSR count). The van der Waals surface area contributed by atoms with Crippen LogP contribution in [0.25, 0.3) is 0 Å². The topological polar surface area (TPSA) is 12.0 Å². The van der Waals surface area contributed by atoms with E-state index in [9.17, 15) is 17.6 Å². The predicted molar refractivity (Wildman–Crippen MR) is 56.8 cm³/mol. The molecule has 1 nitrogen and oxygen atoms in total. The molecular formula is C12H11F4N. The fraction of sp³-hybridized carbons (Fsp3) is 0.333. The average molecular weight is 245 g/mol. The van der Waals surface area contributed by atoms with Crippen LogP contribution in [-0.4, -0.2) is 13.6 Å². The van der Waals surface area contributed by atoms with Gasteiger partial charge in [0.15, 0.2) is 0 Å². The monoisotopic (exact) mass is 245 g/mol. The van der Waals surface area contributed by atoms with Crippen molar-refractivity contribution < 1.29 is 17.6 Å². The van der Waals surface area contributed by atoms with Crippen molar-refractivity contribution in [3.8, 4) is 11.8 Å². The lowest BCUT2D eigenvalue weighted by atomic mass is 10.1. The molecule has 0 aromatic heterocycles. The quantitative estimate of drug-likeness (QED) is 0.480. The first-order valence-corrected chi connectivity index (χ1v) is 4.95. The summed E-state index contributed by atoms with van der Waals surface area (Å²) in [4.78, 5) is 0. The van der Waals surface area contributed by atoms with Gasteiger partial charge in [-0.15, -0.1) is 0 Å². The van der Waals surface area contributed by atoms with Crippen LogP contribution in [0.3, 0.4) is 0 Å². The summed E-state index contributed by atoms with van der Waals surface area (Å²) in [6.45, 7) is 0.573. The molecule has 1 N–H and O–H groups in total. The molecule has 0 saturated heterocycles. The third-order valence-electron chi connectivity index (χ3n) is 2.01. The van der Waals surface area contributed by atoms with E-state index in [1.807, 2.05) is 0 Å². The second kappa shape index (κ2) is 5.69. The van der Waals surface area contributed by atoms with E-state index in [0.29, 0.717) is 19.0 Å². The molecule has 5 heteroatoms. The van der Waals surface area contributed by atoms with Crippen molar-refractivity contribution in [3.05, 3.63) is 35.1 Å². The molecule has 1 aromatic rings. The van der Waals surface area contributed by atoms with Crippen LogP contribution in [0, 0.1) is 17.7 Å². The Morgan fingerprint density at radius 1 is 1.29 bits per heavy atom. The van der Waals surface area contributed by atoms with E-state index < -0.39 is 17.6 Å². The summed E-state index contributed by atoms with van der Waals surface area (Å²) >= 11 is 0. The lowest BCUT2D eigenvalue weighted by Gasteiger charge is -2.08. The highest BCUT2D eigenvalue weighted by molar-refractivity contribution is 5.43. The molecule has 0 amide bonds. The zero-order valence-corrected chi connectivity index (χ0v) is 9.16. The zero-order chi connectivity index (χ0) is 12.9. The molecule has 0 aliphatic rings. The maximum Gasteiger partial charge on any atom is 0.417 e. The summed E-state index contributed by atoms with van der Waals surface area (Å²) in [6, 6.07) is 2.29. The van der Waals surface area contributed by atoms with Gasteiger partial charge in [-0.1, -0.05) is 11.8 Å². The van der Waals surface area contributed by atoms with Crippen molar-refractivity contribution in [1.29, 1.82) is 0 Å². The van der Waals surface area contributed by atoms with Crippen molar-refractivity contribution in [3.63, 3.8) is 0 Å². The standard InChI is InChI=1S/C12H11F4N/c1-17-7-3-2-4-9-8-10(13)5-6-11(9)12(14,15)16/h5-6,8,17H,3,7H2,1H3. The molecule has 0 aliphatic heterocycles. The fourth-order valence-electron chi connectivity index (χ4n) is 1.21. The molecular weight excluding hydrogens is 234 g/mol. The van der Waals surface area contributed by atoms with E-state index in [1.54, 1.807) is 7.05 Å². The van der Waals surface area contributed by atoms with Gasteiger partial charge in [-0.3, -0.25) is 0 Å². The third kappa shape index (κ3) is 4.08. The third-order valence-corrected chi connectivity index (χ3v) is 2.01. The molecule has 0 unspecified atom stereocenters. The first-order chi connectivity index (χ1) is 7.95. The van der Waals surface area contributed by atoms with E-state index in [2.05, 4.69) is 17.2 Å². The SMILES string of the molecule is CNCCC#Cc1cc(F)ccc1C(F)(F)F. The van der Waals surface area contributed by atoms with Crippen molar-refractivity contribution in [2.75, 3.05) is 13.6 Å². The van der Waals surface area contributed by atoms with Gasteiger partial charge in [0.2, 0.25) is 0 Å². The summed E-state index contributed by atoms with van der Waals surface area (Å²) in [7, 11) is 1.71. The molecule has 0 aliphatic carbocycles. The number of alkyl halides is 3. The highest BCUT2D eigenvalue weighted by Crippen LogP contribution is 2.31. The normalized spacial score (nSPS) is 10.9. The fourth-order valence-corrected chi connectivity index (χ4v) is 1.21. The van der Waals surface area contributed by atoms with E-state index in [1.165, 1.54) is 0 Å². The first-order valence-electron chi connectivity index (χ1n) is 4.95. The molecule has 0 atom stereocenters. The predicted octanol–water partition coefficient (Wildman–Crippen LogP) is 2.81. The molecule has 0 bridgehead atoms. The van der Waals surface area contributed by atoms with Gasteiger partial charge in [-0.25, -0.2) is 4.39 Å². The van der Waals surface area contributed by atoms with Crippen LogP contribution in [0.15, 0.2) is 18.2 Å². The lowest BCUT2D eigenvalue weighted by molar-refractivity contribution is -0.137. The summed E-state index contributed by atoms with van der Waals surface area (Å²) in [5.74, 6) is 4.18. The van der Waals surface area contributed by atoms with Gasteiger partial charge in [0.05, 0.1) is 5.56 Å². The Kier molecular flexibility index (Phi) is 4.53. The molecule has 0 fully saturated rings. The van der Waals surface area contributed by atoms with E-state index >= 15 is 0 Å². The van der Waals surface area contributed by atoms with Gasteiger partial charge in [-0.2, -0.15) is 13.2 Å². The van der Waals surface area contributed by atoms with E-state index in [-0.39, 0.29) is 5.56 Å². The maximum absolute atomic E-state index is 12.9. The molecule has 0 heterocycles. The Balaban J connectivity index is 3.02. The Morgan fingerprint density at radius 2 is 2.00 bits per heavy atom. The zero-order valence-electron chi connectivity index (χ0n) is 9.16. The van der Waals surface area contributed by atoms with Crippen molar-refractivity contribution in [1.82, 2.24) is 5.32 Å².